The Kier molecular flexibility index (Phi) is 4.28. The lowest BCUT2D eigenvalue weighted by Gasteiger charge is -2.40. The summed E-state index contributed by atoms with van der Waals surface area (Å²) in [5.74, 6) is -2.72. The van der Waals surface area contributed by atoms with Crippen molar-refractivity contribution in [2.45, 2.75) is 44.8 Å². The Morgan fingerprint density at radius 3 is 2.56 bits per heavy atom. The normalized spacial score (nSPS) is 25.7. The Hall–Kier alpha value is -2.41. The topological polar surface area (TPSA) is 95.2 Å². The van der Waals surface area contributed by atoms with Crippen LogP contribution in [-0.2, 0) is 16.0 Å². The number of aliphatic hydroxyl groups is 1. The second-order valence-electron chi connectivity index (χ2n) is 7.00. The molecule has 0 fully saturated rings. The average molecular weight is 348 g/mol. The summed E-state index contributed by atoms with van der Waals surface area (Å²) in [7, 11) is 0. The van der Waals surface area contributed by atoms with E-state index in [1.54, 1.807) is 20.8 Å². The van der Waals surface area contributed by atoms with Crippen molar-refractivity contribution in [1.82, 2.24) is 10.2 Å². The quantitative estimate of drug-likeness (QED) is 0.738. The van der Waals surface area contributed by atoms with Gasteiger partial charge in [-0.1, -0.05) is 12.1 Å². The van der Waals surface area contributed by atoms with Crippen molar-refractivity contribution in [3.8, 4) is 0 Å². The maximum atomic E-state index is 13.3. The molecule has 0 aliphatic heterocycles. The number of carbonyl (C=O) groups excluding carboxylic acids is 1. The second-order valence-corrected chi connectivity index (χ2v) is 7.00. The zero-order chi connectivity index (χ0) is 18.4. The molecule has 0 unspecified atom stereocenters. The van der Waals surface area contributed by atoms with E-state index >= 15 is 0 Å². The van der Waals surface area contributed by atoms with Crippen LogP contribution < -0.4 is 5.56 Å². The fourth-order valence-electron chi connectivity index (χ4n) is 3.59. The van der Waals surface area contributed by atoms with Crippen LogP contribution in [0.5, 0.6) is 0 Å². The fraction of sp³-hybridized carbons (Fsp3) is 0.444. The lowest BCUT2D eigenvalue weighted by molar-refractivity contribution is -0.163. The lowest BCUT2D eigenvalue weighted by atomic mass is 9.66. The van der Waals surface area contributed by atoms with Crippen molar-refractivity contribution >= 4 is 5.97 Å². The van der Waals surface area contributed by atoms with E-state index in [0.29, 0.717) is 16.8 Å². The molecule has 3 rings (SSSR count). The summed E-state index contributed by atoms with van der Waals surface area (Å²) in [4.78, 5) is 25.1. The van der Waals surface area contributed by atoms with Crippen LogP contribution in [-0.4, -0.2) is 33.0 Å². The highest BCUT2D eigenvalue weighted by Gasteiger charge is 2.51. The summed E-state index contributed by atoms with van der Waals surface area (Å²) < 4.78 is 18.7. The van der Waals surface area contributed by atoms with Gasteiger partial charge in [-0.3, -0.25) is 14.7 Å². The van der Waals surface area contributed by atoms with Gasteiger partial charge >= 0.3 is 5.97 Å². The van der Waals surface area contributed by atoms with E-state index < -0.39 is 29.2 Å². The van der Waals surface area contributed by atoms with Gasteiger partial charge < -0.3 is 14.9 Å². The van der Waals surface area contributed by atoms with Gasteiger partial charge in [0.2, 0.25) is 0 Å². The van der Waals surface area contributed by atoms with Gasteiger partial charge in [0.15, 0.2) is 0 Å². The first-order chi connectivity index (χ1) is 11.7. The highest BCUT2D eigenvalue weighted by atomic mass is 19.1. The number of esters is 1. The molecule has 0 saturated carbocycles. The largest absolute Gasteiger partial charge is 0.463 e. The molecule has 25 heavy (non-hydrogen) atoms. The van der Waals surface area contributed by atoms with E-state index in [1.807, 2.05) is 0 Å². The number of H-pyrrole nitrogens is 2. The maximum absolute atomic E-state index is 13.3. The molecule has 1 heterocycles. The molecule has 2 aromatic rings. The number of rotatable bonds is 3. The molecule has 7 heteroatoms. The van der Waals surface area contributed by atoms with Gasteiger partial charge in [0.05, 0.1) is 17.6 Å². The van der Waals surface area contributed by atoms with E-state index in [0.717, 1.165) is 0 Å². The molecule has 1 aliphatic carbocycles. The van der Waals surface area contributed by atoms with Gasteiger partial charge in [-0.25, -0.2) is 4.39 Å². The number of aromatic amines is 2. The van der Waals surface area contributed by atoms with E-state index in [-0.39, 0.29) is 18.1 Å². The summed E-state index contributed by atoms with van der Waals surface area (Å²) in [6, 6.07) is 5.58. The highest BCUT2D eigenvalue weighted by molar-refractivity contribution is 5.77. The van der Waals surface area contributed by atoms with E-state index in [2.05, 4.69) is 10.2 Å². The van der Waals surface area contributed by atoms with E-state index in [9.17, 15) is 19.1 Å². The van der Waals surface area contributed by atoms with Crippen LogP contribution in [0.2, 0.25) is 0 Å². The van der Waals surface area contributed by atoms with Gasteiger partial charge in [-0.05, 0) is 38.5 Å². The summed E-state index contributed by atoms with van der Waals surface area (Å²) in [6.45, 7) is 4.98. The van der Waals surface area contributed by atoms with Crippen LogP contribution in [0.1, 0.15) is 43.5 Å². The first-order valence-corrected chi connectivity index (χ1v) is 8.18. The number of carbonyl (C=O) groups is 1. The molecule has 1 aromatic heterocycles. The highest BCUT2D eigenvalue weighted by Crippen LogP contribution is 2.44. The molecule has 1 aromatic carbocycles. The number of nitrogens with one attached hydrogen (secondary N) is 2. The predicted octanol–water partition coefficient (Wildman–Crippen LogP) is 1.85. The minimum absolute atomic E-state index is 0.108. The van der Waals surface area contributed by atoms with Crippen LogP contribution in [0.4, 0.5) is 4.39 Å². The molecule has 134 valence electrons. The van der Waals surface area contributed by atoms with Crippen molar-refractivity contribution in [3.63, 3.8) is 0 Å². The molecule has 0 amide bonds. The van der Waals surface area contributed by atoms with Crippen LogP contribution in [0, 0.1) is 11.7 Å². The Morgan fingerprint density at radius 2 is 1.96 bits per heavy atom. The number of hydrogen-bond donors (Lipinski definition) is 3. The van der Waals surface area contributed by atoms with Crippen molar-refractivity contribution in [3.05, 3.63) is 57.3 Å². The second kappa shape index (κ2) is 6.15. The molecule has 0 spiro atoms. The van der Waals surface area contributed by atoms with Gasteiger partial charge in [-0.2, -0.15) is 0 Å². The summed E-state index contributed by atoms with van der Waals surface area (Å²) >= 11 is 0. The molecule has 3 N–H and O–H groups in total. The monoisotopic (exact) mass is 348 g/mol. The Bertz CT molecular complexity index is 836. The third-order valence-electron chi connectivity index (χ3n) is 4.58. The standard InChI is InChI=1S/C18H21FN2O4/c1-9(2)25-17(23)15-13(10-4-6-11(19)7-5-10)14-12(8-18(15,3)24)20-21-16(14)22/h4-7,9,13,15,24H,8H2,1-3H3,(H2,20,21,22)/t13-,15+,18-/m1/s1. The molecular formula is C18H21FN2O4. The first kappa shape index (κ1) is 17.4. The number of hydrogen-bond acceptors (Lipinski definition) is 4. The van der Waals surface area contributed by atoms with Crippen LogP contribution in [0.15, 0.2) is 29.1 Å². The van der Waals surface area contributed by atoms with Gasteiger partial charge in [0.25, 0.3) is 5.56 Å². The predicted molar refractivity (Wildman–Crippen MR) is 88.7 cm³/mol. The van der Waals surface area contributed by atoms with Crippen molar-refractivity contribution in [2.75, 3.05) is 0 Å². The van der Waals surface area contributed by atoms with Crippen LogP contribution >= 0.6 is 0 Å². The number of halogens is 1. The Morgan fingerprint density at radius 1 is 1.32 bits per heavy atom. The fourth-order valence-corrected chi connectivity index (χ4v) is 3.59. The first-order valence-electron chi connectivity index (χ1n) is 8.18. The summed E-state index contributed by atoms with van der Waals surface area (Å²) in [5.41, 5.74) is -0.300. The van der Waals surface area contributed by atoms with Crippen LogP contribution in [0.25, 0.3) is 0 Å². The third kappa shape index (κ3) is 3.11. The molecular weight excluding hydrogens is 327 g/mol. The third-order valence-corrected chi connectivity index (χ3v) is 4.58. The number of aromatic nitrogens is 2. The van der Waals surface area contributed by atoms with Crippen molar-refractivity contribution < 1.29 is 19.0 Å². The molecule has 3 atom stereocenters. The minimum Gasteiger partial charge on any atom is -0.463 e. The van der Waals surface area contributed by atoms with Gasteiger partial charge in [0, 0.05) is 23.6 Å². The van der Waals surface area contributed by atoms with Gasteiger partial charge in [0.1, 0.15) is 5.82 Å². The van der Waals surface area contributed by atoms with Crippen LogP contribution in [0.3, 0.4) is 0 Å². The van der Waals surface area contributed by atoms with Gasteiger partial charge in [-0.15, -0.1) is 0 Å². The molecule has 0 radical (unpaired) electrons. The minimum atomic E-state index is -1.43. The Labute approximate surface area is 144 Å². The zero-order valence-corrected chi connectivity index (χ0v) is 14.3. The SMILES string of the molecule is CC(C)OC(=O)[C@@H]1[C@H](c2ccc(F)cc2)c2c([nH][nH]c2=O)C[C@@]1(C)O. The summed E-state index contributed by atoms with van der Waals surface area (Å²) in [6.07, 6.45) is -0.250. The van der Waals surface area contributed by atoms with Crippen molar-refractivity contribution in [1.29, 1.82) is 0 Å². The molecule has 0 saturated heterocycles. The molecule has 0 bridgehead atoms. The average Bonchev–Trinajstić information content (AvgIpc) is 2.85. The molecule has 6 nitrogen and oxygen atoms in total. The summed E-state index contributed by atoms with van der Waals surface area (Å²) in [5, 5.41) is 16.2. The smallest absolute Gasteiger partial charge is 0.313 e. The lowest BCUT2D eigenvalue weighted by Crippen LogP contribution is -2.50. The van der Waals surface area contributed by atoms with E-state index in [4.69, 9.17) is 4.74 Å². The van der Waals surface area contributed by atoms with Crippen molar-refractivity contribution in [2.24, 2.45) is 5.92 Å². The number of ether oxygens (including phenoxy) is 1. The number of benzene rings is 1. The number of fused-ring (bicyclic) bond motifs is 1. The molecule has 1 aliphatic rings. The van der Waals surface area contributed by atoms with E-state index in [1.165, 1.54) is 24.3 Å². The maximum Gasteiger partial charge on any atom is 0.313 e. The zero-order valence-electron chi connectivity index (χ0n) is 14.3. The Balaban J connectivity index is 2.18.